The van der Waals surface area contributed by atoms with Crippen molar-refractivity contribution in [3.63, 3.8) is 0 Å². The van der Waals surface area contributed by atoms with Crippen LogP contribution in [0.3, 0.4) is 0 Å². The second-order valence-corrected chi connectivity index (χ2v) is 8.06. The summed E-state index contributed by atoms with van der Waals surface area (Å²) in [5.74, 6) is 0.577. The molecule has 1 saturated carbocycles. The molecule has 1 saturated heterocycles. The van der Waals surface area contributed by atoms with Gasteiger partial charge in [0.05, 0.1) is 23.6 Å². The van der Waals surface area contributed by atoms with Crippen LogP contribution < -0.4 is 16.0 Å². The van der Waals surface area contributed by atoms with Crippen LogP contribution in [-0.4, -0.2) is 51.6 Å². The van der Waals surface area contributed by atoms with Crippen molar-refractivity contribution >= 4 is 17.4 Å². The number of halogens is 1. The Morgan fingerprint density at radius 1 is 1.23 bits per heavy atom. The van der Waals surface area contributed by atoms with Crippen LogP contribution in [0.5, 0.6) is 0 Å². The first-order valence-corrected chi connectivity index (χ1v) is 10.5. The molecular weight excluding hydrogens is 383 g/mol. The van der Waals surface area contributed by atoms with E-state index in [9.17, 15) is 9.18 Å². The summed E-state index contributed by atoms with van der Waals surface area (Å²) in [7, 11) is 0. The van der Waals surface area contributed by atoms with Gasteiger partial charge in [0.25, 0.3) is 5.91 Å². The minimum Gasteiger partial charge on any atom is -0.363 e. The molecule has 3 N–H and O–H groups in total. The fourth-order valence-corrected chi connectivity index (χ4v) is 3.95. The Balaban J connectivity index is 1.37. The van der Waals surface area contributed by atoms with Gasteiger partial charge in [-0.15, -0.1) is 0 Å². The van der Waals surface area contributed by atoms with Crippen molar-refractivity contribution in [1.29, 1.82) is 0 Å². The summed E-state index contributed by atoms with van der Waals surface area (Å²) in [6.45, 7) is 1.28. The normalized spacial score (nSPS) is 21.9. The highest BCUT2D eigenvalue weighted by Crippen LogP contribution is 2.23. The highest BCUT2D eigenvalue weighted by molar-refractivity contribution is 5.95. The topological polar surface area (TPSA) is 83.4 Å². The molecule has 2 atom stereocenters. The molecule has 8 heteroatoms. The lowest BCUT2D eigenvalue weighted by Crippen LogP contribution is -2.46. The minimum absolute atomic E-state index is 0.0575. The first-order valence-electron chi connectivity index (χ1n) is 10.5. The van der Waals surface area contributed by atoms with Crippen LogP contribution in [0.4, 0.5) is 10.2 Å². The Kier molecular flexibility index (Phi) is 5.08. The summed E-state index contributed by atoms with van der Waals surface area (Å²) in [4.78, 5) is 21.5. The molecule has 2 aliphatic rings. The molecule has 1 aliphatic heterocycles. The number of nitrogens with zero attached hydrogens (tertiary/aromatic N) is 3. The fraction of sp³-hybridized carbons (Fsp3) is 0.409. The maximum Gasteiger partial charge on any atom is 0.251 e. The minimum atomic E-state index is -0.892. The average molecular weight is 408 g/mol. The maximum absolute atomic E-state index is 14.1. The lowest BCUT2D eigenvalue weighted by molar-refractivity contribution is 0.0917. The summed E-state index contributed by atoms with van der Waals surface area (Å²) in [5.41, 5.74) is 2.84. The molecule has 3 aromatic heterocycles. The van der Waals surface area contributed by atoms with Crippen LogP contribution in [0, 0.1) is 0 Å². The van der Waals surface area contributed by atoms with Crippen molar-refractivity contribution in [3.8, 4) is 11.4 Å². The molecule has 1 amide bonds. The van der Waals surface area contributed by atoms with E-state index in [2.05, 4.69) is 25.9 Å². The quantitative estimate of drug-likeness (QED) is 0.605. The van der Waals surface area contributed by atoms with Gasteiger partial charge in [-0.3, -0.25) is 9.20 Å². The number of hydrogen-bond acceptors (Lipinski definition) is 5. The van der Waals surface area contributed by atoms with E-state index in [1.54, 1.807) is 18.3 Å². The molecule has 0 aromatic carbocycles. The smallest absolute Gasteiger partial charge is 0.251 e. The van der Waals surface area contributed by atoms with Gasteiger partial charge in [0, 0.05) is 24.3 Å². The molecule has 2 fully saturated rings. The van der Waals surface area contributed by atoms with E-state index in [0.29, 0.717) is 42.6 Å². The predicted molar refractivity (Wildman–Crippen MR) is 113 cm³/mol. The van der Waals surface area contributed by atoms with Crippen molar-refractivity contribution in [2.24, 2.45) is 0 Å². The van der Waals surface area contributed by atoms with Gasteiger partial charge in [-0.2, -0.15) is 0 Å². The summed E-state index contributed by atoms with van der Waals surface area (Å²) in [5, 5.41) is 9.46. The zero-order valence-electron chi connectivity index (χ0n) is 16.6. The van der Waals surface area contributed by atoms with Gasteiger partial charge in [0.1, 0.15) is 17.6 Å². The summed E-state index contributed by atoms with van der Waals surface area (Å²) < 4.78 is 16.1. The number of imidazole rings is 1. The Bertz CT molecular complexity index is 1060. The largest absolute Gasteiger partial charge is 0.363 e. The van der Waals surface area contributed by atoms with E-state index in [-0.39, 0.29) is 11.9 Å². The molecule has 30 heavy (non-hydrogen) atoms. The number of carbonyl (C=O) groups is 1. The van der Waals surface area contributed by atoms with Gasteiger partial charge >= 0.3 is 0 Å². The number of anilines is 1. The summed E-state index contributed by atoms with van der Waals surface area (Å²) in [6.07, 6.45) is 6.48. The van der Waals surface area contributed by atoms with Crippen LogP contribution in [0.15, 0.2) is 42.7 Å². The monoisotopic (exact) mass is 408 g/mol. The van der Waals surface area contributed by atoms with Crippen molar-refractivity contribution in [3.05, 3.63) is 48.3 Å². The van der Waals surface area contributed by atoms with E-state index in [1.165, 1.54) is 6.42 Å². The standard InChI is InChI=1S/C22H25FN6O/c23-16-7-9-24-12-18(16)28-20-6-2-5-17(27-20)19-13-25-21-11-14(8-10-29(19)21)22(30)26-15-3-1-4-15/h2,5-6,8,10-11,13,15-16,18,24H,1,3-4,7,9,12H2,(H,26,30)(H,27,28). The predicted octanol–water partition coefficient (Wildman–Crippen LogP) is 2.79. The number of amides is 1. The van der Waals surface area contributed by atoms with Crippen LogP contribution in [0.25, 0.3) is 17.0 Å². The lowest BCUT2D eigenvalue weighted by Gasteiger charge is -2.28. The number of alkyl halides is 1. The average Bonchev–Trinajstić information content (AvgIpc) is 3.16. The third-order valence-electron chi connectivity index (χ3n) is 5.96. The Morgan fingerprint density at radius 3 is 2.93 bits per heavy atom. The Hall–Kier alpha value is -3.00. The SMILES string of the molecule is O=C(NC1CCC1)c1ccn2c(-c3cccc(NC4CNCCC4F)n3)cnc2c1. The number of rotatable bonds is 5. The Labute approximate surface area is 174 Å². The second-order valence-electron chi connectivity index (χ2n) is 8.06. The van der Waals surface area contributed by atoms with Gasteiger partial charge in [0.15, 0.2) is 0 Å². The summed E-state index contributed by atoms with van der Waals surface area (Å²) in [6, 6.07) is 9.24. The van der Waals surface area contributed by atoms with E-state index in [0.717, 1.165) is 24.2 Å². The van der Waals surface area contributed by atoms with Crippen molar-refractivity contribution in [2.45, 2.75) is 43.9 Å². The van der Waals surface area contributed by atoms with Crippen LogP contribution in [0.1, 0.15) is 36.0 Å². The third kappa shape index (κ3) is 3.75. The number of hydrogen-bond donors (Lipinski definition) is 3. The molecule has 2 unspecified atom stereocenters. The van der Waals surface area contributed by atoms with Gasteiger partial charge in [0.2, 0.25) is 0 Å². The van der Waals surface area contributed by atoms with Gasteiger partial charge in [-0.25, -0.2) is 14.4 Å². The van der Waals surface area contributed by atoms with Gasteiger partial charge in [-0.1, -0.05) is 6.07 Å². The fourth-order valence-electron chi connectivity index (χ4n) is 3.95. The molecular formula is C22H25FN6O. The van der Waals surface area contributed by atoms with Crippen molar-refractivity contribution in [2.75, 3.05) is 18.4 Å². The number of aromatic nitrogens is 3. The van der Waals surface area contributed by atoms with E-state index in [4.69, 9.17) is 0 Å². The van der Waals surface area contributed by atoms with Crippen molar-refractivity contribution in [1.82, 2.24) is 25.0 Å². The molecule has 0 spiro atoms. The lowest BCUT2D eigenvalue weighted by atomic mass is 9.93. The molecule has 0 bridgehead atoms. The van der Waals surface area contributed by atoms with Crippen molar-refractivity contribution < 1.29 is 9.18 Å². The molecule has 4 heterocycles. The van der Waals surface area contributed by atoms with Gasteiger partial charge < -0.3 is 16.0 Å². The van der Waals surface area contributed by atoms with Crippen LogP contribution in [-0.2, 0) is 0 Å². The maximum atomic E-state index is 14.1. The highest BCUT2D eigenvalue weighted by Gasteiger charge is 2.25. The first-order chi connectivity index (χ1) is 14.7. The molecule has 5 rings (SSSR count). The number of carbonyl (C=O) groups excluding carboxylic acids is 1. The molecule has 1 aliphatic carbocycles. The number of piperidine rings is 1. The van der Waals surface area contributed by atoms with Gasteiger partial charge in [-0.05, 0) is 56.5 Å². The number of fused-ring (bicyclic) bond motifs is 1. The van der Waals surface area contributed by atoms with E-state index in [1.807, 2.05) is 28.8 Å². The Morgan fingerprint density at radius 2 is 2.13 bits per heavy atom. The van der Waals surface area contributed by atoms with E-state index < -0.39 is 6.17 Å². The molecule has 3 aromatic rings. The van der Waals surface area contributed by atoms with Crippen LogP contribution >= 0.6 is 0 Å². The summed E-state index contributed by atoms with van der Waals surface area (Å²) >= 11 is 0. The number of nitrogens with one attached hydrogen (secondary N) is 3. The number of pyridine rings is 2. The zero-order valence-corrected chi connectivity index (χ0v) is 16.6. The second kappa shape index (κ2) is 8.02. The third-order valence-corrected chi connectivity index (χ3v) is 5.96. The van der Waals surface area contributed by atoms with E-state index >= 15 is 0 Å². The molecule has 0 radical (unpaired) electrons. The first kappa shape index (κ1) is 19.0. The highest BCUT2D eigenvalue weighted by atomic mass is 19.1. The zero-order chi connectivity index (χ0) is 20.5. The molecule has 156 valence electrons. The molecule has 7 nitrogen and oxygen atoms in total. The van der Waals surface area contributed by atoms with Crippen LogP contribution in [0.2, 0.25) is 0 Å².